The lowest BCUT2D eigenvalue weighted by Gasteiger charge is -2.18. The Morgan fingerprint density at radius 1 is 1.32 bits per heavy atom. The Hall–Kier alpha value is -0.860. The van der Waals surface area contributed by atoms with E-state index in [1.807, 2.05) is 0 Å². The highest BCUT2D eigenvalue weighted by Gasteiger charge is 2.36. The first-order valence-corrected chi connectivity index (χ1v) is 8.26. The van der Waals surface area contributed by atoms with Gasteiger partial charge in [-0.25, -0.2) is 8.42 Å². The van der Waals surface area contributed by atoms with Gasteiger partial charge in [-0.1, -0.05) is 23.9 Å². The molecule has 1 fully saturated rings. The van der Waals surface area contributed by atoms with Crippen molar-refractivity contribution in [1.82, 2.24) is 0 Å². The van der Waals surface area contributed by atoms with E-state index in [0.29, 0.717) is 22.3 Å². The lowest BCUT2D eigenvalue weighted by atomic mass is 10.2. The van der Waals surface area contributed by atoms with Crippen LogP contribution in [0.5, 0.6) is 0 Å². The molecule has 4 nitrogen and oxygen atoms in total. The number of sulfone groups is 1. The standard InChI is InChI=1S/C11H13F2NO3S2/c12-11(13)18-10-4-2-1-3-7(10)14-8-5-19(16,17)6-9(8)15/h1-4,8-9,11,14-15H,5-6H2. The Labute approximate surface area is 114 Å². The van der Waals surface area contributed by atoms with Gasteiger partial charge in [0, 0.05) is 10.6 Å². The van der Waals surface area contributed by atoms with Crippen LogP contribution in [0.4, 0.5) is 14.5 Å². The van der Waals surface area contributed by atoms with Gasteiger partial charge in [-0.15, -0.1) is 0 Å². The first-order valence-electron chi connectivity index (χ1n) is 5.56. The molecule has 2 N–H and O–H groups in total. The van der Waals surface area contributed by atoms with Crippen LogP contribution < -0.4 is 5.32 Å². The molecule has 2 atom stereocenters. The summed E-state index contributed by atoms with van der Waals surface area (Å²) in [4.78, 5) is 0.328. The van der Waals surface area contributed by atoms with Crippen molar-refractivity contribution in [3.05, 3.63) is 24.3 Å². The average molecular weight is 309 g/mol. The van der Waals surface area contributed by atoms with Crippen LogP contribution in [0, 0.1) is 0 Å². The molecule has 1 saturated heterocycles. The van der Waals surface area contributed by atoms with Gasteiger partial charge >= 0.3 is 0 Å². The van der Waals surface area contributed by atoms with E-state index < -0.39 is 27.7 Å². The summed E-state index contributed by atoms with van der Waals surface area (Å²) in [6.45, 7) is 0. The maximum Gasteiger partial charge on any atom is 0.288 e. The summed E-state index contributed by atoms with van der Waals surface area (Å²) < 4.78 is 47.6. The van der Waals surface area contributed by atoms with Gasteiger partial charge in [0.2, 0.25) is 0 Å². The highest BCUT2D eigenvalue weighted by molar-refractivity contribution is 7.99. The highest BCUT2D eigenvalue weighted by atomic mass is 32.2. The first-order chi connectivity index (χ1) is 8.87. The molecular formula is C11H13F2NO3S2. The number of rotatable bonds is 4. The van der Waals surface area contributed by atoms with Gasteiger partial charge in [0.05, 0.1) is 23.7 Å². The topological polar surface area (TPSA) is 66.4 Å². The summed E-state index contributed by atoms with van der Waals surface area (Å²) in [7, 11) is -3.27. The van der Waals surface area contributed by atoms with E-state index in [1.54, 1.807) is 18.2 Å². The zero-order chi connectivity index (χ0) is 14.0. The maximum atomic E-state index is 12.4. The van der Waals surface area contributed by atoms with Crippen molar-refractivity contribution in [2.75, 3.05) is 16.8 Å². The van der Waals surface area contributed by atoms with E-state index in [0.717, 1.165) is 0 Å². The van der Waals surface area contributed by atoms with E-state index in [2.05, 4.69) is 5.32 Å². The molecule has 1 aromatic rings. The number of hydrogen-bond acceptors (Lipinski definition) is 5. The molecule has 0 aromatic heterocycles. The number of halogens is 2. The van der Waals surface area contributed by atoms with Crippen LogP contribution in [-0.4, -0.2) is 42.9 Å². The van der Waals surface area contributed by atoms with Crippen molar-refractivity contribution in [1.29, 1.82) is 0 Å². The molecule has 0 saturated carbocycles. The van der Waals surface area contributed by atoms with Gasteiger partial charge in [0.15, 0.2) is 9.84 Å². The summed E-state index contributed by atoms with van der Waals surface area (Å²) in [5.41, 5.74) is 0.411. The number of nitrogens with one attached hydrogen (secondary N) is 1. The average Bonchev–Trinajstić information content (AvgIpc) is 2.54. The molecule has 0 amide bonds. The Morgan fingerprint density at radius 2 is 2.00 bits per heavy atom. The van der Waals surface area contributed by atoms with Gasteiger partial charge in [0.25, 0.3) is 5.76 Å². The summed E-state index contributed by atoms with van der Waals surface area (Å²) in [6.07, 6.45) is -1.02. The molecule has 2 unspecified atom stereocenters. The number of para-hydroxylation sites is 1. The smallest absolute Gasteiger partial charge is 0.288 e. The molecular weight excluding hydrogens is 296 g/mol. The molecule has 1 aliphatic rings. The van der Waals surface area contributed by atoms with Gasteiger partial charge < -0.3 is 10.4 Å². The van der Waals surface area contributed by atoms with Crippen molar-refractivity contribution in [2.45, 2.75) is 22.8 Å². The molecule has 2 rings (SSSR count). The van der Waals surface area contributed by atoms with E-state index in [1.165, 1.54) is 6.07 Å². The van der Waals surface area contributed by atoms with E-state index in [4.69, 9.17) is 0 Å². The van der Waals surface area contributed by atoms with Crippen molar-refractivity contribution in [3.63, 3.8) is 0 Å². The van der Waals surface area contributed by atoms with Crippen molar-refractivity contribution in [3.8, 4) is 0 Å². The third-order valence-electron chi connectivity index (χ3n) is 2.77. The second kappa shape index (κ2) is 5.64. The number of aliphatic hydroxyl groups is 1. The fourth-order valence-corrected chi connectivity index (χ4v) is 4.30. The van der Waals surface area contributed by atoms with Crippen LogP contribution in [0.1, 0.15) is 0 Å². The van der Waals surface area contributed by atoms with E-state index in [-0.39, 0.29) is 11.5 Å². The minimum atomic E-state index is -3.27. The zero-order valence-corrected chi connectivity index (χ0v) is 11.4. The van der Waals surface area contributed by atoms with E-state index >= 15 is 0 Å². The summed E-state index contributed by atoms with van der Waals surface area (Å²) in [6, 6.07) is 5.73. The van der Waals surface area contributed by atoms with Gasteiger partial charge in [-0.2, -0.15) is 8.78 Å². The lowest BCUT2D eigenvalue weighted by molar-refractivity contribution is 0.190. The number of anilines is 1. The molecule has 106 valence electrons. The van der Waals surface area contributed by atoms with Crippen LogP contribution in [0.3, 0.4) is 0 Å². The monoisotopic (exact) mass is 309 g/mol. The summed E-state index contributed by atoms with van der Waals surface area (Å²) in [5.74, 6) is -3.04. The first kappa shape index (κ1) is 14.5. The fraction of sp³-hybridized carbons (Fsp3) is 0.455. The quantitative estimate of drug-likeness (QED) is 0.827. The fourth-order valence-electron chi connectivity index (χ4n) is 1.95. The Balaban J connectivity index is 2.15. The second-order valence-electron chi connectivity index (χ2n) is 4.27. The van der Waals surface area contributed by atoms with Crippen LogP contribution >= 0.6 is 11.8 Å². The second-order valence-corrected chi connectivity index (χ2v) is 7.46. The minimum Gasteiger partial charge on any atom is -0.390 e. The Bertz CT molecular complexity index is 551. The third kappa shape index (κ3) is 3.80. The Morgan fingerprint density at radius 3 is 2.58 bits per heavy atom. The van der Waals surface area contributed by atoms with Gasteiger partial charge in [-0.05, 0) is 12.1 Å². The largest absolute Gasteiger partial charge is 0.390 e. The van der Waals surface area contributed by atoms with Crippen molar-refractivity contribution >= 4 is 27.3 Å². The Kier molecular flexibility index (Phi) is 4.32. The number of benzene rings is 1. The van der Waals surface area contributed by atoms with Gasteiger partial charge in [0.1, 0.15) is 0 Å². The number of aliphatic hydroxyl groups excluding tert-OH is 1. The molecule has 1 heterocycles. The van der Waals surface area contributed by atoms with E-state index in [9.17, 15) is 22.3 Å². The summed E-state index contributed by atoms with van der Waals surface area (Å²) >= 11 is 0.383. The summed E-state index contributed by atoms with van der Waals surface area (Å²) in [5, 5.41) is 12.5. The molecule has 0 spiro atoms. The molecule has 1 aliphatic heterocycles. The maximum absolute atomic E-state index is 12.4. The van der Waals surface area contributed by atoms with Gasteiger partial charge in [-0.3, -0.25) is 0 Å². The van der Waals surface area contributed by atoms with Crippen LogP contribution in [0.15, 0.2) is 29.2 Å². The minimum absolute atomic E-state index is 0.193. The molecule has 0 aliphatic carbocycles. The third-order valence-corrected chi connectivity index (χ3v) is 5.27. The molecule has 8 heteroatoms. The SMILES string of the molecule is O=S1(=O)CC(O)C(Nc2ccccc2SC(F)F)C1. The number of thioether (sulfide) groups is 1. The normalized spacial score (nSPS) is 25.7. The zero-order valence-electron chi connectivity index (χ0n) is 9.79. The predicted molar refractivity (Wildman–Crippen MR) is 70.4 cm³/mol. The van der Waals surface area contributed by atoms with Crippen LogP contribution in [0.25, 0.3) is 0 Å². The molecule has 0 radical (unpaired) electrons. The highest BCUT2D eigenvalue weighted by Crippen LogP contribution is 2.32. The van der Waals surface area contributed by atoms with Crippen LogP contribution in [0.2, 0.25) is 0 Å². The molecule has 19 heavy (non-hydrogen) atoms. The number of alkyl halides is 2. The predicted octanol–water partition coefficient (Wildman–Crippen LogP) is 1.57. The van der Waals surface area contributed by atoms with Crippen molar-refractivity contribution < 1.29 is 22.3 Å². The molecule has 1 aromatic carbocycles. The van der Waals surface area contributed by atoms with Crippen LogP contribution in [-0.2, 0) is 9.84 Å². The number of hydrogen-bond donors (Lipinski definition) is 2. The lowest BCUT2D eigenvalue weighted by Crippen LogP contribution is -2.32. The van der Waals surface area contributed by atoms with Crippen molar-refractivity contribution in [2.24, 2.45) is 0 Å². The molecule has 0 bridgehead atoms.